The molecule has 137 heavy (non-hydrogen) atoms. The van der Waals surface area contributed by atoms with Gasteiger partial charge in [0.05, 0.1) is 32.7 Å². The molecule has 30 rings (SSSR count). The fraction of sp³-hybridized carbons (Fsp3) is 0. The topological polar surface area (TPSA) is 93.6 Å². The van der Waals surface area contributed by atoms with Gasteiger partial charge in [0.15, 0.2) is 16.7 Å². The molecule has 640 valence electrons. The number of furan rings is 6. The van der Waals surface area contributed by atoms with Gasteiger partial charge in [0, 0.05) is 76.5 Å². The number of benzene rings is 21. The van der Waals surface area contributed by atoms with E-state index in [0.717, 1.165) is 260 Å². The summed E-state index contributed by atoms with van der Waals surface area (Å²) in [6, 6.07) is 165. The lowest BCUT2D eigenvalue weighted by atomic mass is 9.95. The molecule has 0 N–H and O–H groups in total. The zero-order valence-corrected chi connectivity index (χ0v) is 73.7. The van der Waals surface area contributed by atoms with Crippen molar-refractivity contribution in [2.24, 2.45) is 0 Å². The second-order valence-corrected chi connectivity index (χ2v) is 35.5. The maximum absolute atomic E-state index is 6.61. The van der Waals surface area contributed by atoms with Crippen LogP contribution in [0.5, 0.6) is 0 Å². The highest BCUT2D eigenvalue weighted by Crippen LogP contribution is 2.51. The first-order chi connectivity index (χ1) is 68.0. The lowest BCUT2D eigenvalue weighted by Crippen LogP contribution is -1.93. The average molecular weight is 1750 g/mol. The third-order valence-electron chi connectivity index (χ3n) is 27.8. The molecule has 30 aromatic rings. The van der Waals surface area contributed by atoms with Crippen LogP contribution >= 0.6 is 0 Å². The van der Waals surface area contributed by atoms with Gasteiger partial charge >= 0.3 is 0 Å². The molecule has 0 bridgehead atoms. The molecule has 9 heteroatoms. The van der Waals surface area contributed by atoms with E-state index in [2.05, 4.69) is 475 Å². The van der Waals surface area contributed by atoms with Crippen LogP contribution in [0.3, 0.4) is 0 Å². The van der Waals surface area contributed by atoms with Crippen molar-refractivity contribution in [2.75, 3.05) is 0 Å². The quantitative estimate of drug-likeness (QED) is 0.135. The van der Waals surface area contributed by atoms with Crippen LogP contribution in [-0.2, 0) is 0 Å². The fourth-order valence-electron chi connectivity index (χ4n) is 21.7. The Labute approximate surface area is 783 Å². The summed E-state index contributed by atoms with van der Waals surface area (Å²) in [6.45, 7) is 0. The Morgan fingerprint density at radius 1 is 0.139 bits per heavy atom. The highest BCUT2D eigenvalue weighted by molar-refractivity contribution is 6.25. The van der Waals surface area contributed by atoms with Crippen LogP contribution in [0.1, 0.15) is 0 Å². The van der Waals surface area contributed by atoms with E-state index < -0.39 is 0 Å². The van der Waals surface area contributed by atoms with E-state index in [1.165, 1.54) is 21.7 Å². The number of nitrogens with zero attached hydrogens (tertiary/aromatic N) is 3. The molecule has 0 unspecified atom stereocenters. The van der Waals surface area contributed by atoms with Crippen LogP contribution in [0, 0.1) is 0 Å². The summed E-state index contributed by atoms with van der Waals surface area (Å²) in [7, 11) is 0. The van der Waals surface area contributed by atoms with E-state index in [1.807, 2.05) is 6.07 Å². The largest absolute Gasteiger partial charge is 0.456 e. The molecular weight excluding hydrogens is 1680 g/mol. The first-order valence-electron chi connectivity index (χ1n) is 46.5. The Morgan fingerprint density at radius 3 is 0.883 bits per heavy atom. The lowest BCUT2D eigenvalue weighted by molar-refractivity contribution is 0.669. The smallest absolute Gasteiger partial charge is 0.161 e. The molecule has 0 atom stereocenters. The molecule has 0 saturated heterocycles. The Morgan fingerprint density at radius 2 is 0.438 bits per heavy atom. The van der Waals surface area contributed by atoms with Gasteiger partial charge in [0.2, 0.25) is 0 Å². The molecule has 9 aromatic heterocycles. The summed E-state index contributed by atoms with van der Waals surface area (Å²) in [5.41, 5.74) is 37.0. The highest BCUT2D eigenvalue weighted by atomic mass is 16.4. The Kier molecular flexibility index (Phi) is 17.6. The SMILES string of the molecule is c1ccc(-c2cccc3c2oc2cccc(-c4ccc(-c5cccc6oc7c8ccccc8n(-c8ccccc8)c7c56)cc4)c23)cc1.c1ccc(-n2c3ccccc3c3oc4cccc(-c5ccc(-c6ccc7c(c6)oc6cc8ccccc8cc67)cc5)c4c32)cc1.c1ccc(-n2c3ccccc3c3oc4cccc(-c5ccc(-c6cccc7oc8c9ccccc9ccc8c67)cc5)c4c32)cc1. The van der Waals surface area contributed by atoms with E-state index in [-0.39, 0.29) is 0 Å². The number of aromatic nitrogens is 3. The third-order valence-corrected chi connectivity index (χ3v) is 27.8. The van der Waals surface area contributed by atoms with Gasteiger partial charge in [-0.1, -0.05) is 334 Å². The maximum atomic E-state index is 6.61. The molecule has 0 aliphatic rings. The summed E-state index contributed by atoms with van der Waals surface area (Å²) in [5.74, 6) is 0. The Hall–Kier alpha value is -18.4. The summed E-state index contributed by atoms with van der Waals surface area (Å²) in [6.07, 6.45) is 0. The number of hydrogen-bond donors (Lipinski definition) is 0. The van der Waals surface area contributed by atoms with Crippen molar-refractivity contribution in [3.63, 3.8) is 0 Å². The van der Waals surface area contributed by atoms with Crippen molar-refractivity contribution in [3.05, 3.63) is 467 Å². The van der Waals surface area contributed by atoms with Gasteiger partial charge < -0.3 is 40.2 Å². The highest BCUT2D eigenvalue weighted by Gasteiger charge is 2.28. The van der Waals surface area contributed by atoms with E-state index in [1.54, 1.807) is 0 Å². The van der Waals surface area contributed by atoms with Gasteiger partial charge in [-0.3, -0.25) is 0 Å². The average Bonchev–Trinajstić information content (AvgIpc) is 1.57. The van der Waals surface area contributed by atoms with Gasteiger partial charge in [0.25, 0.3) is 0 Å². The summed E-state index contributed by atoms with van der Waals surface area (Å²) in [5, 5.41) is 18.3. The monoisotopic (exact) mass is 1750 g/mol. The van der Waals surface area contributed by atoms with Crippen molar-refractivity contribution in [1.29, 1.82) is 0 Å². The molecule has 0 aliphatic heterocycles. The Balaban J connectivity index is 0.000000102. The molecule has 0 saturated carbocycles. The Bertz CT molecular complexity index is 10100. The van der Waals surface area contributed by atoms with Gasteiger partial charge in [-0.25, -0.2) is 0 Å². The predicted molar refractivity (Wildman–Crippen MR) is 567 cm³/mol. The van der Waals surface area contributed by atoms with Crippen molar-refractivity contribution in [2.45, 2.75) is 0 Å². The fourth-order valence-corrected chi connectivity index (χ4v) is 21.7. The second-order valence-electron chi connectivity index (χ2n) is 35.5. The molecule has 0 radical (unpaired) electrons. The number of hydrogen-bond acceptors (Lipinski definition) is 6. The van der Waals surface area contributed by atoms with E-state index >= 15 is 0 Å². The van der Waals surface area contributed by atoms with E-state index in [0.29, 0.717) is 0 Å². The predicted octanol–water partition coefficient (Wildman–Crippen LogP) is 36.3. The standard InChI is InChI=1S/C44H27NO2.2C42H25NO2/c1-3-12-28(13-4-1)34-19-9-20-36-40-32(17-10-22-38(40)46-43(34)36)29-24-26-30(27-25-29)33-18-11-23-39-41(33)42-44(47-39)35-16-7-8-21-37(35)45(42)31-14-5-2-6-15-31;1-2-11-29(12-3-1)43-35-17-7-6-14-33(35)42-40(43)39-31(16-9-19-37(39)45-42)28-22-20-27(21-23-28)30-15-8-18-36-38(30)34-25-24-26-10-4-5-13-32(26)41(34)44-36;1-2-11-31(12-3-1)43-36-15-7-6-13-34(36)42-41(43)40-32(14-8-16-37(40)45-42)27-19-17-26(18-20-27)30-21-22-33-35-23-28-9-4-5-10-29(28)24-39(35)44-38(33)25-30/h1-27H;2*1-25H. The van der Waals surface area contributed by atoms with Gasteiger partial charge in [0.1, 0.15) is 66.8 Å². The van der Waals surface area contributed by atoms with E-state index in [4.69, 9.17) is 26.5 Å². The summed E-state index contributed by atoms with van der Waals surface area (Å²) in [4.78, 5) is 0. The summed E-state index contributed by atoms with van der Waals surface area (Å²) < 4.78 is 46.2. The van der Waals surface area contributed by atoms with E-state index in [9.17, 15) is 0 Å². The third kappa shape index (κ3) is 12.3. The first-order valence-corrected chi connectivity index (χ1v) is 46.5. The van der Waals surface area contributed by atoms with Crippen LogP contribution < -0.4 is 0 Å². The van der Waals surface area contributed by atoms with Crippen LogP contribution in [0.25, 0.3) is 281 Å². The van der Waals surface area contributed by atoms with Crippen molar-refractivity contribution in [3.8, 4) is 95.0 Å². The molecule has 0 fully saturated rings. The number of fused-ring (bicyclic) bond motifs is 27. The second kappa shape index (κ2) is 31.1. The zero-order chi connectivity index (χ0) is 89.9. The first kappa shape index (κ1) is 77.3. The van der Waals surface area contributed by atoms with Gasteiger partial charge in [-0.15, -0.1) is 0 Å². The van der Waals surface area contributed by atoms with Gasteiger partial charge in [-0.05, 0) is 222 Å². The molecule has 21 aromatic carbocycles. The normalized spacial score (nSPS) is 11.9. The molecule has 9 heterocycles. The zero-order valence-electron chi connectivity index (χ0n) is 73.7. The summed E-state index contributed by atoms with van der Waals surface area (Å²) >= 11 is 0. The minimum Gasteiger partial charge on any atom is -0.456 e. The molecule has 0 aliphatic carbocycles. The van der Waals surface area contributed by atoms with Crippen LogP contribution in [0.4, 0.5) is 0 Å². The molecule has 0 spiro atoms. The van der Waals surface area contributed by atoms with Crippen molar-refractivity contribution < 1.29 is 26.5 Å². The van der Waals surface area contributed by atoms with Crippen LogP contribution in [-0.4, -0.2) is 13.7 Å². The lowest BCUT2D eigenvalue weighted by Gasteiger charge is -2.10. The van der Waals surface area contributed by atoms with Crippen molar-refractivity contribution in [1.82, 2.24) is 13.7 Å². The minimum atomic E-state index is 0.885. The maximum Gasteiger partial charge on any atom is 0.161 e. The number of para-hydroxylation sites is 7. The molecule has 9 nitrogen and oxygen atoms in total. The molecule has 0 amide bonds. The van der Waals surface area contributed by atoms with Crippen LogP contribution in [0.2, 0.25) is 0 Å². The minimum absolute atomic E-state index is 0.885. The van der Waals surface area contributed by atoms with Crippen molar-refractivity contribution >= 4 is 186 Å². The number of rotatable bonds is 10. The van der Waals surface area contributed by atoms with Gasteiger partial charge in [-0.2, -0.15) is 0 Å². The van der Waals surface area contributed by atoms with Crippen LogP contribution in [0.15, 0.2) is 494 Å². The molecular formula is C128H77N3O6.